The van der Waals surface area contributed by atoms with Gasteiger partial charge >= 0.3 is 0 Å². The molecule has 0 aliphatic rings. The summed E-state index contributed by atoms with van der Waals surface area (Å²) < 4.78 is 4.83. The lowest BCUT2D eigenvalue weighted by atomic mass is 9.95. The van der Waals surface area contributed by atoms with Gasteiger partial charge in [0, 0.05) is 25.0 Å². The van der Waals surface area contributed by atoms with Gasteiger partial charge in [0.15, 0.2) is 16.8 Å². The van der Waals surface area contributed by atoms with Crippen molar-refractivity contribution >= 4 is 22.2 Å². The second-order valence-electron chi connectivity index (χ2n) is 8.46. The fourth-order valence-corrected chi connectivity index (χ4v) is 3.67. The van der Waals surface area contributed by atoms with Crippen LogP contribution in [0.5, 0.6) is 0 Å². The smallest absolute Gasteiger partial charge is 0.279 e. The van der Waals surface area contributed by atoms with Crippen molar-refractivity contribution in [1.82, 2.24) is 38.9 Å². The average molecular weight is 408 g/mol. The Morgan fingerprint density at radius 3 is 2.33 bits per heavy atom. The molecule has 0 amide bonds. The maximum Gasteiger partial charge on any atom is 0.279 e. The van der Waals surface area contributed by atoms with Gasteiger partial charge in [-0.05, 0) is 40.2 Å². The summed E-state index contributed by atoms with van der Waals surface area (Å²) in [4.78, 5) is 38.5. The highest BCUT2D eigenvalue weighted by Gasteiger charge is 2.27. The van der Waals surface area contributed by atoms with Crippen molar-refractivity contribution in [3.05, 3.63) is 50.9 Å². The monoisotopic (exact) mass is 408 g/mol. The Morgan fingerprint density at radius 2 is 1.63 bits per heavy atom. The Labute approximate surface area is 172 Å². The predicted molar refractivity (Wildman–Crippen MR) is 113 cm³/mol. The van der Waals surface area contributed by atoms with Crippen molar-refractivity contribution < 1.29 is 0 Å². The summed E-state index contributed by atoms with van der Waals surface area (Å²) in [7, 11) is 1.66. The quantitative estimate of drug-likeness (QED) is 0.503. The highest BCUT2D eigenvalue weighted by atomic mass is 16.1. The number of rotatable bonds is 4. The predicted octanol–water partition coefficient (Wildman–Crippen LogP) is 1.50. The van der Waals surface area contributed by atoms with E-state index in [1.807, 2.05) is 39.2 Å². The van der Waals surface area contributed by atoms with Crippen LogP contribution >= 0.6 is 0 Å². The van der Waals surface area contributed by atoms with Crippen LogP contribution in [0, 0.1) is 6.92 Å². The van der Waals surface area contributed by atoms with Gasteiger partial charge in [-0.3, -0.25) is 14.2 Å². The van der Waals surface area contributed by atoms with Crippen LogP contribution in [0.3, 0.4) is 0 Å². The number of aromatic nitrogens is 8. The van der Waals surface area contributed by atoms with E-state index in [9.17, 15) is 9.59 Å². The summed E-state index contributed by atoms with van der Waals surface area (Å²) in [5.74, 6) is 0. The van der Waals surface area contributed by atoms with E-state index in [1.54, 1.807) is 17.9 Å². The van der Waals surface area contributed by atoms with Crippen molar-refractivity contribution in [3.63, 3.8) is 0 Å². The molecule has 0 N–H and O–H groups in total. The third-order valence-electron chi connectivity index (χ3n) is 5.48. The van der Waals surface area contributed by atoms with Gasteiger partial charge in [-0.1, -0.05) is 0 Å². The number of fused-ring (bicyclic) bond motifs is 2. The molecule has 0 aliphatic carbocycles. The Hall–Kier alpha value is -3.43. The van der Waals surface area contributed by atoms with Crippen LogP contribution in [0.15, 0.2) is 28.6 Å². The lowest BCUT2D eigenvalue weighted by Gasteiger charge is -2.27. The second kappa shape index (κ2) is 6.82. The Balaban J connectivity index is 1.85. The minimum atomic E-state index is -0.559. The van der Waals surface area contributed by atoms with Gasteiger partial charge in [-0.25, -0.2) is 15.0 Å². The summed E-state index contributed by atoms with van der Waals surface area (Å²) in [6.07, 6.45) is 5.03. The zero-order valence-corrected chi connectivity index (χ0v) is 17.9. The molecule has 0 radical (unpaired) electrons. The van der Waals surface area contributed by atoms with Crippen molar-refractivity contribution in [2.75, 3.05) is 0 Å². The molecule has 156 valence electrons. The van der Waals surface area contributed by atoms with Crippen LogP contribution in [0.25, 0.3) is 22.2 Å². The van der Waals surface area contributed by atoms with E-state index in [2.05, 4.69) is 25.1 Å². The summed E-state index contributed by atoms with van der Waals surface area (Å²) in [6, 6.07) is -0.0112. The first-order valence-corrected chi connectivity index (χ1v) is 9.74. The molecular formula is C20H24N8O2. The molecule has 10 nitrogen and oxygen atoms in total. The number of aryl methyl sites for hydroxylation is 2. The molecule has 0 atom stereocenters. The molecular weight excluding hydrogens is 384 g/mol. The van der Waals surface area contributed by atoms with Crippen LogP contribution < -0.4 is 11.1 Å². The first-order valence-electron chi connectivity index (χ1n) is 9.74. The minimum Gasteiger partial charge on any atom is -0.319 e. The van der Waals surface area contributed by atoms with E-state index in [1.165, 1.54) is 17.2 Å². The summed E-state index contributed by atoms with van der Waals surface area (Å²) in [6.45, 7) is 9.70. The van der Waals surface area contributed by atoms with Gasteiger partial charge < -0.3 is 9.13 Å². The largest absolute Gasteiger partial charge is 0.319 e. The van der Waals surface area contributed by atoms with E-state index in [0.717, 1.165) is 5.56 Å². The van der Waals surface area contributed by atoms with Gasteiger partial charge in [0.25, 0.3) is 11.1 Å². The average Bonchev–Trinajstić information content (AvgIpc) is 3.12. The highest BCUT2D eigenvalue weighted by Crippen LogP contribution is 2.26. The van der Waals surface area contributed by atoms with Crippen molar-refractivity contribution in [3.8, 4) is 0 Å². The highest BCUT2D eigenvalue weighted by molar-refractivity contribution is 5.77. The van der Waals surface area contributed by atoms with E-state index in [0.29, 0.717) is 34.3 Å². The molecule has 4 heterocycles. The SMILES string of the molecule is Cc1c(CC(C)(C)n2cnc3ncn(C)c(=O)c32)nnc2ncn(C(C)C)c(=O)c12. The van der Waals surface area contributed by atoms with Crippen LogP contribution in [0.2, 0.25) is 0 Å². The molecule has 0 unspecified atom stereocenters. The molecule has 0 saturated heterocycles. The molecule has 4 rings (SSSR count). The first-order chi connectivity index (χ1) is 14.1. The van der Waals surface area contributed by atoms with Crippen LogP contribution in [0.1, 0.15) is 45.0 Å². The number of imidazole rings is 1. The van der Waals surface area contributed by atoms with Gasteiger partial charge in [0.1, 0.15) is 6.33 Å². The molecule has 0 saturated carbocycles. The molecule has 4 aromatic rings. The third-order valence-corrected chi connectivity index (χ3v) is 5.48. The third kappa shape index (κ3) is 2.99. The van der Waals surface area contributed by atoms with Crippen LogP contribution in [-0.4, -0.2) is 38.9 Å². The van der Waals surface area contributed by atoms with Crippen molar-refractivity contribution in [2.45, 2.75) is 52.6 Å². The lowest BCUT2D eigenvalue weighted by Crippen LogP contribution is -2.32. The molecule has 4 aromatic heterocycles. The van der Waals surface area contributed by atoms with E-state index in [-0.39, 0.29) is 17.2 Å². The standard InChI is InChI=1S/C20H24N8O2/c1-11(2)27-9-22-16-14(18(27)29)12(3)13(24-25-16)7-20(4,5)28-10-23-17-15(28)19(30)26(6)8-21-17/h8-11H,7H2,1-6H3. The molecule has 0 fully saturated rings. The maximum atomic E-state index is 13.0. The summed E-state index contributed by atoms with van der Waals surface area (Å²) in [5, 5.41) is 9.00. The lowest BCUT2D eigenvalue weighted by molar-refractivity contribution is 0.356. The molecule has 30 heavy (non-hydrogen) atoms. The van der Waals surface area contributed by atoms with Gasteiger partial charge in [0.2, 0.25) is 0 Å². The van der Waals surface area contributed by atoms with E-state index < -0.39 is 5.54 Å². The van der Waals surface area contributed by atoms with Crippen LogP contribution in [-0.2, 0) is 19.0 Å². The molecule has 0 aromatic carbocycles. The first kappa shape index (κ1) is 19.9. The Bertz CT molecular complexity index is 1390. The molecule has 0 spiro atoms. The Morgan fingerprint density at radius 1 is 0.967 bits per heavy atom. The fourth-order valence-electron chi connectivity index (χ4n) is 3.67. The summed E-state index contributed by atoms with van der Waals surface area (Å²) in [5.41, 5.74) is 1.73. The number of nitrogens with zero attached hydrogens (tertiary/aromatic N) is 8. The normalized spacial score (nSPS) is 12.4. The maximum absolute atomic E-state index is 13.0. The number of hydrogen-bond donors (Lipinski definition) is 0. The molecule has 0 aliphatic heterocycles. The van der Waals surface area contributed by atoms with Crippen LogP contribution in [0.4, 0.5) is 0 Å². The molecule has 10 heteroatoms. The minimum absolute atomic E-state index is 0.0112. The zero-order chi connectivity index (χ0) is 21.8. The fraction of sp³-hybridized carbons (Fsp3) is 0.450. The van der Waals surface area contributed by atoms with Gasteiger partial charge in [0.05, 0.1) is 23.7 Å². The Kier molecular flexibility index (Phi) is 4.52. The van der Waals surface area contributed by atoms with Crippen molar-refractivity contribution in [2.24, 2.45) is 7.05 Å². The van der Waals surface area contributed by atoms with Gasteiger partial charge in [-0.15, -0.1) is 5.10 Å². The zero-order valence-electron chi connectivity index (χ0n) is 17.9. The van der Waals surface area contributed by atoms with Gasteiger partial charge in [-0.2, -0.15) is 5.10 Å². The number of hydrogen-bond acceptors (Lipinski definition) is 7. The summed E-state index contributed by atoms with van der Waals surface area (Å²) >= 11 is 0. The molecule has 0 bridgehead atoms. The van der Waals surface area contributed by atoms with E-state index in [4.69, 9.17) is 0 Å². The second-order valence-corrected chi connectivity index (χ2v) is 8.46. The van der Waals surface area contributed by atoms with E-state index >= 15 is 0 Å². The topological polar surface area (TPSA) is 113 Å². The van der Waals surface area contributed by atoms with Crippen molar-refractivity contribution in [1.29, 1.82) is 0 Å².